The minimum atomic E-state index is -0.347. The van der Waals surface area contributed by atoms with E-state index in [4.69, 9.17) is 23.2 Å². The van der Waals surface area contributed by atoms with Crippen LogP contribution >= 0.6 is 35.0 Å². The molecular formula is C14H12Cl2N2OS. The Morgan fingerprint density at radius 2 is 1.75 bits per heavy atom. The molecule has 0 radical (unpaired) electrons. The Kier molecular flexibility index (Phi) is 5.17. The van der Waals surface area contributed by atoms with Crippen molar-refractivity contribution in [1.29, 1.82) is 0 Å². The minimum Gasteiger partial charge on any atom is -0.308 e. The maximum atomic E-state index is 11.8. The SMILES string of the molecule is CSc1ccc(NC(=O)Nc2cccc(Cl)c2)cc1Cl. The van der Waals surface area contributed by atoms with Gasteiger partial charge in [0.2, 0.25) is 0 Å². The lowest BCUT2D eigenvalue weighted by Gasteiger charge is -2.09. The summed E-state index contributed by atoms with van der Waals surface area (Å²) < 4.78 is 0. The van der Waals surface area contributed by atoms with E-state index in [0.717, 1.165) is 4.90 Å². The Morgan fingerprint density at radius 1 is 1.05 bits per heavy atom. The lowest BCUT2D eigenvalue weighted by atomic mass is 10.3. The number of thioether (sulfide) groups is 1. The van der Waals surface area contributed by atoms with Crippen molar-refractivity contribution in [2.24, 2.45) is 0 Å². The topological polar surface area (TPSA) is 41.1 Å². The maximum Gasteiger partial charge on any atom is 0.323 e. The Balaban J connectivity index is 2.03. The van der Waals surface area contributed by atoms with E-state index in [-0.39, 0.29) is 6.03 Å². The van der Waals surface area contributed by atoms with Crippen molar-refractivity contribution in [2.45, 2.75) is 4.90 Å². The highest BCUT2D eigenvalue weighted by atomic mass is 35.5. The predicted octanol–water partition coefficient (Wildman–Crippen LogP) is 5.36. The number of carbonyl (C=O) groups is 1. The van der Waals surface area contributed by atoms with Gasteiger partial charge in [-0.25, -0.2) is 4.79 Å². The Bertz CT molecular complexity index is 634. The monoisotopic (exact) mass is 326 g/mol. The summed E-state index contributed by atoms with van der Waals surface area (Å²) in [7, 11) is 0. The number of nitrogens with one attached hydrogen (secondary N) is 2. The fraction of sp³-hybridized carbons (Fsp3) is 0.0714. The number of carbonyl (C=O) groups excluding carboxylic acids is 1. The highest BCUT2D eigenvalue weighted by Gasteiger charge is 2.05. The van der Waals surface area contributed by atoms with Gasteiger partial charge >= 0.3 is 6.03 Å². The van der Waals surface area contributed by atoms with Crippen LogP contribution < -0.4 is 10.6 Å². The summed E-state index contributed by atoms with van der Waals surface area (Å²) in [6.07, 6.45) is 1.94. The summed E-state index contributed by atoms with van der Waals surface area (Å²) in [5.41, 5.74) is 1.26. The molecule has 0 aliphatic heterocycles. The molecule has 2 aromatic rings. The van der Waals surface area contributed by atoms with Crippen molar-refractivity contribution < 1.29 is 4.79 Å². The lowest BCUT2D eigenvalue weighted by molar-refractivity contribution is 0.262. The molecule has 0 aromatic heterocycles. The molecule has 6 heteroatoms. The van der Waals surface area contributed by atoms with E-state index in [9.17, 15) is 4.79 Å². The molecular weight excluding hydrogens is 315 g/mol. The quantitative estimate of drug-likeness (QED) is 0.745. The van der Waals surface area contributed by atoms with Crippen LogP contribution in [0, 0.1) is 0 Å². The second kappa shape index (κ2) is 6.88. The van der Waals surface area contributed by atoms with Gasteiger partial charge in [0.25, 0.3) is 0 Å². The van der Waals surface area contributed by atoms with Crippen molar-refractivity contribution in [3.8, 4) is 0 Å². The fourth-order valence-corrected chi connectivity index (χ4v) is 2.66. The molecule has 2 rings (SSSR count). The van der Waals surface area contributed by atoms with E-state index in [1.807, 2.05) is 12.3 Å². The first-order valence-corrected chi connectivity index (χ1v) is 7.73. The van der Waals surface area contributed by atoms with E-state index >= 15 is 0 Å². The zero-order chi connectivity index (χ0) is 14.5. The molecule has 0 aliphatic carbocycles. The van der Waals surface area contributed by atoms with E-state index < -0.39 is 0 Å². The van der Waals surface area contributed by atoms with Crippen LogP contribution in [0.1, 0.15) is 0 Å². The van der Waals surface area contributed by atoms with Gasteiger partial charge in [-0.15, -0.1) is 11.8 Å². The molecule has 2 aromatic carbocycles. The van der Waals surface area contributed by atoms with Crippen molar-refractivity contribution in [3.63, 3.8) is 0 Å². The molecule has 20 heavy (non-hydrogen) atoms. The van der Waals surface area contributed by atoms with Crippen LogP contribution in [0.15, 0.2) is 47.4 Å². The molecule has 0 fully saturated rings. The van der Waals surface area contributed by atoms with Crippen molar-refractivity contribution >= 4 is 52.4 Å². The van der Waals surface area contributed by atoms with Crippen LogP contribution in [-0.2, 0) is 0 Å². The smallest absolute Gasteiger partial charge is 0.308 e. The first-order chi connectivity index (χ1) is 9.58. The van der Waals surface area contributed by atoms with Crippen LogP contribution in [0.2, 0.25) is 10.0 Å². The number of urea groups is 1. The molecule has 0 bridgehead atoms. The number of anilines is 2. The molecule has 0 unspecified atom stereocenters. The van der Waals surface area contributed by atoms with Crippen LogP contribution in [0.3, 0.4) is 0 Å². The Hall–Kier alpha value is -1.36. The van der Waals surface area contributed by atoms with Crippen molar-refractivity contribution in [2.75, 3.05) is 16.9 Å². The van der Waals surface area contributed by atoms with Crippen LogP contribution in [0.5, 0.6) is 0 Å². The minimum absolute atomic E-state index is 0.347. The molecule has 0 heterocycles. The third kappa shape index (κ3) is 4.07. The summed E-state index contributed by atoms with van der Waals surface area (Å²) in [5, 5.41) is 6.59. The van der Waals surface area contributed by atoms with Gasteiger partial charge in [-0.2, -0.15) is 0 Å². The standard InChI is InChI=1S/C14H12Cl2N2OS/c1-20-13-6-5-11(8-12(13)16)18-14(19)17-10-4-2-3-9(15)7-10/h2-8H,1H3,(H2,17,18,19). The molecule has 0 spiro atoms. The summed E-state index contributed by atoms with van der Waals surface area (Å²) >= 11 is 13.5. The molecule has 3 nitrogen and oxygen atoms in total. The zero-order valence-corrected chi connectivity index (χ0v) is 12.9. The number of hydrogen-bond donors (Lipinski definition) is 2. The zero-order valence-electron chi connectivity index (χ0n) is 10.6. The van der Waals surface area contributed by atoms with Crippen molar-refractivity contribution in [3.05, 3.63) is 52.5 Å². The van der Waals surface area contributed by atoms with Gasteiger partial charge in [-0.3, -0.25) is 0 Å². The number of rotatable bonds is 3. The summed E-state index contributed by atoms with van der Waals surface area (Å²) in [4.78, 5) is 12.8. The first-order valence-electron chi connectivity index (χ1n) is 5.75. The van der Waals surface area contributed by atoms with Crippen molar-refractivity contribution in [1.82, 2.24) is 0 Å². The number of amides is 2. The highest BCUT2D eigenvalue weighted by Crippen LogP contribution is 2.28. The number of benzene rings is 2. The van der Waals surface area contributed by atoms with Gasteiger partial charge in [0.15, 0.2) is 0 Å². The summed E-state index contributed by atoms with van der Waals surface area (Å²) in [6, 6.07) is 12.0. The maximum absolute atomic E-state index is 11.8. The predicted molar refractivity (Wildman–Crippen MR) is 87.3 cm³/mol. The Labute approximate surface area is 131 Å². The summed E-state index contributed by atoms with van der Waals surface area (Å²) in [5.74, 6) is 0. The van der Waals surface area contributed by atoms with Gasteiger partial charge in [0, 0.05) is 21.3 Å². The lowest BCUT2D eigenvalue weighted by Crippen LogP contribution is -2.19. The Morgan fingerprint density at radius 3 is 2.35 bits per heavy atom. The first kappa shape index (κ1) is 15.0. The summed E-state index contributed by atoms with van der Waals surface area (Å²) in [6.45, 7) is 0. The van der Waals surface area contributed by atoms with Gasteiger partial charge in [0.05, 0.1) is 5.02 Å². The van der Waals surface area contributed by atoms with E-state index in [1.54, 1.807) is 48.2 Å². The van der Waals surface area contributed by atoms with Gasteiger partial charge in [0.1, 0.15) is 0 Å². The molecule has 0 saturated heterocycles. The molecule has 2 amide bonds. The fourth-order valence-electron chi connectivity index (χ4n) is 1.60. The number of hydrogen-bond acceptors (Lipinski definition) is 2. The number of halogens is 2. The molecule has 0 saturated carbocycles. The van der Waals surface area contributed by atoms with Gasteiger partial charge < -0.3 is 10.6 Å². The van der Waals surface area contributed by atoms with E-state index in [1.165, 1.54) is 0 Å². The van der Waals surface area contributed by atoms with Gasteiger partial charge in [-0.1, -0.05) is 29.3 Å². The molecule has 0 atom stereocenters. The van der Waals surface area contributed by atoms with E-state index in [0.29, 0.717) is 21.4 Å². The second-order valence-corrected chi connectivity index (χ2v) is 5.63. The second-order valence-electron chi connectivity index (χ2n) is 3.94. The average molecular weight is 327 g/mol. The van der Waals surface area contributed by atoms with Gasteiger partial charge in [-0.05, 0) is 42.7 Å². The molecule has 2 N–H and O–H groups in total. The third-order valence-electron chi connectivity index (χ3n) is 2.49. The highest BCUT2D eigenvalue weighted by molar-refractivity contribution is 7.98. The normalized spacial score (nSPS) is 10.2. The largest absolute Gasteiger partial charge is 0.323 e. The molecule has 104 valence electrons. The van der Waals surface area contributed by atoms with Crippen LogP contribution in [0.25, 0.3) is 0 Å². The van der Waals surface area contributed by atoms with Crippen LogP contribution in [-0.4, -0.2) is 12.3 Å². The third-order valence-corrected chi connectivity index (χ3v) is 3.95. The van der Waals surface area contributed by atoms with E-state index in [2.05, 4.69) is 10.6 Å². The average Bonchev–Trinajstić information content (AvgIpc) is 2.38. The van der Waals surface area contributed by atoms with Crippen LogP contribution in [0.4, 0.5) is 16.2 Å². The molecule has 0 aliphatic rings.